The van der Waals surface area contributed by atoms with Crippen molar-refractivity contribution in [3.8, 4) is 0 Å². The molecule has 0 atom stereocenters. The van der Waals surface area contributed by atoms with Gasteiger partial charge in [-0.15, -0.1) is 0 Å². The molecule has 1 saturated heterocycles. The molecule has 1 saturated carbocycles. The van der Waals surface area contributed by atoms with Crippen LogP contribution in [0.4, 0.5) is 5.13 Å². The fourth-order valence-electron chi connectivity index (χ4n) is 2.36. The van der Waals surface area contributed by atoms with E-state index in [4.69, 9.17) is 4.74 Å². The smallest absolute Gasteiger partial charge is 0.234 e. The summed E-state index contributed by atoms with van der Waals surface area (Å²) in [7, 11) is 1.64. The molecule has 2 heterocycles. The number of methoxy groups -OCH3 is 1. The van der Waals surface area contributed by atoms with Crippen LogP contribution in [-0.2, 0) is 16.1 Å². The zero-order valence-electron chi connectivity index (χ0n) is 12.2. The van der Waals surface area contributed by atoms with Crippen molar-refractivity contribution in [2.24, 2.45) is 0 Å². The van der Waals surface area contributed by atoms with E-state index in [2.05, 4.69) is 24.5 Å². The molecule has 7 nitrogen and oxygen atoms in total. The maximum absolute atomic E-state index is 11.8. The summed E-state index contributed by atoms with van der Waals surface area (Å²) in [5.74, 6) is 0.896. The predicted molar refractivity (Wildman–Crippen MR) is 80.4 cm³/mol. The van der Waals surface area contributed by atoms with Gasteiger partial charge in [0.15, 0.2) is 5.82 Å². The topological polar surface area (TPSA) is 70.6 Å². The van der Waals surface area contributed by atoms with Crippen LogP contribution in [0.3, 0.4) is 0 Å². The van der Waals surface area contributed by atoms with Gasteiger partial charge in [-0.3, -0.25) is 9.69 Å². The molecule has 0 bridgehead atoms. The first-order valence-electron chi connectivity index (χ1n) is 7.33. The Morgan fingerprint density at radius 2 is 2.14 bits per heavy atom. The number of carbonyl (C=O) groups is 1. The molecule has 1 N–H and O–H groups in total. The van der Waals surface area contributed by atoms with E-state index in [1.165, 1.54) is 11.5 Å². The van der Waals surface area contributed by atoms with E-state index >= 15 is 0 Å². The van der Waals surface area contributed by atoms with Crippen LogP contribution >= 0.6 is 11.5 Å². The SMILES string of the molecule is COCc1nsc(N2CCN(CC(=O)NC3CC3)CC2)n1. The van der Waals surface area contributed by atoms with E-state index < -0.39 is 0 Å². The third-order valence-electron chi connectivity index (χ3n) is 3.68. The molecule has 2 aliphatic rings. The first-order chi connectivity index (χ1) is 10.2. The highest BCUT2D eigenvalue weighted by molar-refractivity contribution is 7.09. The van der Waals surface area contributed by atoms with Crippen molar-refractivity contribution in [2.45, 2.75) is 25.5 Å². The van der Waals surface area contributed by atoms with Crippen LogP contribution in [0.1, 0.15) is 18.7 Å². The molecule has 116 valence electrons. The number of nitrogens with one attached hydrogen (secondary N) is 1. The van der Waals surface area contributed by atoms with E-state index in [1.54, 1.807) is 7.11 Å². The number of ether oxygens (including phenoxy) is 1. The molecule has 8 heteroatoms. The second-order valence-electron chi connectivity index (χ2n) is 5.53. The lowest BCUT2D eigenvalue weighted by molar-refractivity contribution is -0.122. The Bertz CT molecular complexity index is 483. The summed E-state index contributed by atoms with van der Waals surface area (Å²) in [6.45, 7) is 4.51. The molecule has 1 aromatic heterocycles. The van der Waals surface area contributed by atoms with Crippen molar-refractivity contribution in [1.29, 1.82) is 0 Å². The molecular formula is C13H21N5O2S. The minimum Gasteiger partial charge on any atom is -0.377 e. The molecule has 1 aliphatic heterocycles. The highest BCUT2D eigenvalue weighted by atomic mass is 32.1. The lowest BCUT2D eigenvalue weighted by Crippen LogP contribution is -2.49. The number of aromatic nitrogens is 2. The number of piperazine rings is 1. The fourth-order valence-corrected chi connectivity index (χ4v) is 3.09. The predicted octanol–water partition coefficient (Wildman–Crippen LogP) is 0.0851. The van der Waals surface area contributed by atoms with Gasteiger partial charge < -0.3 is 15.0 Å². The van der Waals surface area contributed by atoms with Gasteiger partial charge in [0.2, 0.25) is 11.0 Å². The number of anilines is 1. The first kappa shape index (κ1) is 14.7. The summed E-state index contributed by atoms with van der Waals surface area (Å²) in [6, 6.07) is 0.444. The first-order valence-corrected chi connectivity index (χ1v) is 8.10. The number of carbonyl (C=O) groups excluding carboxylic acids is 1. The molecule has 0 unspecified atom stereocenters. The minimum atomic E-state index is 0.157. The second kappa shape index (κ2) is 6.67. The maximum atomic E-state index is 11.8. The van der Waals surface area contributed by atoms with Gasteiger partial charge in [-0.05, 0) is 12.8 Å². The zero-order chi connectivity index (χ0) is 14.7. The number of hydrogen-bond donors (Lipinski definition) is 1. The van der Waals surface area contributed by atoms with E-state index in [0.717, 1.165) is 50.0 Å². The van der Waals surface area contributed by atoms with Crippen LogP contribution < -0.4 is 10.2 Å². The average Bonchev–Trinajstić information content (AvgIpc) is 3.16. The van der Waals surface area contributed by atoms with Crippen LogP contribution in [0.2, 0.25) is 0 Å². The quantitative estimate of drug-likeness (QED) is 0.803. The summed E-state index contributed by atoms with van der Waals surface area (Å²) >= 11 is 1.41. The van der Waals surface area contributed by atoms with E-state index in [-0.39, 0.29) is 5.91 Å². The second-order valence-corrected chi connectivity index (χ2v) is 6.26. The molecule has 1 aliphatic carbocycles. The normalized spacial score (nSPS) is 19.8. The van der Waals surface area contributed by atoms with Crippen molar-refractivity contribution in [2.75, 3.05) is 44.7 Å². The van der Waals surface area contributed by atoms with Gasteiger partial charge in [0.25, 0.3) is 0 Å². The van der Waals surface area contributed by atoms with Crippen LogP contribution in [-0.4, -0.2) is 66.0 Å². The van der Waals surface area contributed by atoms with Crippen molar-refractivity contribution < 1.29 is 9.53 Å². The maximum Gasteiger partial charge on any atom is 0.234 e. The highest BCUT2D eigenvalue weighted by Gasteiger charge is 2.25. The van der Waals surface area contributed by atoms with Crippen molar-refractivity contribution in [3.63, 3.8) is 0 Å². The van der Waals surface area contributed by atoms with Gasteiger partial charge in [0.05, 0.1) is 6.54 Å². The van der Waals surface area contributed by atoms with E-state index in [1.807, 2.05) is 0 Å². The Balaban J connectivity index is 1.44. The number of rotatable bonds is 6. The third kappa shape index (κ3) is 4.12. The summed E-state index contributed by atoms with van der Waals surface area (Å²) in [4.78, 5) is 20.7. The molecule has 3 rings (SSSR count). The average molecular weight is 311 g/mol. The molecule has 0 spiro atoms. The lowest BCUT2D eigenvalue weighted by atomic mass is 10.3. The van der Waals surface area contributed by atoms with Gasteiger partial charge >= 0.3 is 0 Å². The van der Waals surface area contributed by atoms with Crippen LogP contribution in [0.25, 0.3) is 0 Å². The van der Waals surface area contributed by atoms with Crippen molar-refractivity contribution >= 4 is 22.6 Å². The van der Waals surface area contributed by atoms with Crippen molar-refractivity contribution in [3.05, 3.63) is 5.82 Å². The monoisotopic (exact) mass is 311 g/mol. The van der Waals surface area contributed by atoms with Gasteiger partial charge in [-0.1, -0.05) is 0 Å². The highest BCUT2D eigenvalue weighted by Crippen LogP contribution is 2.20. The molecule has 1 amide bonds. The molecule has 2 fully saturated rings. The summed E-state index contributed by atoms with van der Waals surface area (Å²) in [6.07, 6.45) is 2.28. The standard InChI is InChI=1S/C13H21N5O2S/c1-20-9-11-15-13(21-16-11)18-6-4-17(5-7-18)8-12(19)14-10-2-3-10/h10H,2-9H2,1H3,(H,14,19). The Morgan fingerprint density at radius 3 is 2.81 bits per heavy atom. The van der Waals surface area contributed by atoms with Gasteiger partial charge in [0, 0.05) is 50.9 Å². The van der Waals surface area contributed by atoms with E-state index in [0.29, 0.717) is 19.2 Å². The molecule has 1 aromatic rings. The summed E-state index contributed by atoms with van der Waals surface area (Å²) < 4.78 is 9.31. The van der Waals surface area contributed by atoms with Crippen LogP contribution in [0.5, 0.6) is 0 Å². The zero-order valence-corrected chi connectivity index (χ0v) is 13.1. The van der Waals surface area contributed by atoms with Crippen LogP contribution in [0.15, 0.2) is 0 Å². The summed E-state index contributed by atoms with van der Waals surface area (Å²) in [5, 5.41) is 3.98. The number of hydrogen-bond acceptors (Lipinski definition) is 7. The fraction of sp³-hybridized carbons (Fsp3) is 0.769. The van der Waals surface area contributed by atoms with Crippen LogP contribution in [0, 0.1) is 0 Å². The minimum absolute atomic E-state index is 0.157. The summed E-state index contributed by atoms with van der Waals surface area (Å²) in [5.41, 5.74) is 0. The molecule has 21 heavy (non-hydrogen) atoms. The number of amides is 1. The molecule has 0 aromatic carbocycles. The molecule has 0 radical (unpaired) electrons. The number of nitrogens with zero attached hydrogens (tertiary/aromatic N) is 4. The molecular weight excluding hydrogens is 290 g/mol. The van der Waals surface area contributed by atoms with Gasteiger partial charge in [-0.25, -0.2) is 4.98 Å². The Labute approximate surface area is 128 Å². The largest absolute Gasteiger partial charge is 0.377 e. The van der Waals surface area contributed by atoms with Gasteiger partial charge in [-0.2, -0.15) is 4.37 Å². The Hall–Kier alpha value is -1.25. The van der Waals surface area contributed by atoms with Gasteiger partial charge in [0.1, 0.15) is 6.61 Å². The Morgan fingerprint density at radius 1 is 1.38 bits per heavy atom. The third-order valence-corrected chi connectivity index (χ3v) is 4.50. The van der Waals surface area contributed by atoms with Crippen molar-refractivity contribution in [1.82, 2.24) is 19.6 Å². The van der Waals surface area contributed by atoms with E-state index in [9.17, 15) is 4.79 Å². The Kier molecular flexibility index (Phi) is 4.67. The lowest BCUT2D eigenvalue weighted by Gasteiger charge is -2.33.